The Kier molecular flexibility index (Phi) is 6.28. The monoisotopic (exact) mass is 391 g/mol. The van der Waals surface area contributed by atoms with E-state index in [0.29, 0.717) is 36.5 Å². The lowest BCUT2D eigenvalue weighted by molar-refractivity contribution is 0.227. The number of fused-ring (bicyclic) bond motifs is 1. The summed E-state index contributed by atoms with van der Waals surface area (Å²) in [4.78, 5) is 34.1. The summed E-state index contributed by atoms with van der Waals surface area (Å²) < 4.78 is 3.01. The molecule has 2 aromatic rings. The first-order valence-corrected chi connectivity index (χ1v) is 10.3. The van der Waals surface area contributed by atoms with Gasteiger partial charge in [-0.2, -0.15) is 0 Å². The predicted octanol–water partition coefficient (Wildman–Crippen LogP) is 3.01. The molecule has 0 bridgehead atoms. The molecule has 1 atom stereocenters. The molecule has 7 heteroatoms. The van der Waals surface area contributed by atoms with Crippen LogP contribution in [0.4, 0.5) is 0 Å². The van der Waals surface area contributed by atoms with E-state index in [1.54, 1.807) is 4.57 Å². The molecule has 0 radical (unpaired) electrons. The van der Waals surface area contributed by atoms with Gasteiger partial charge in [-0.25, -0.2) is 9.78 Å². The van der Waals surface area contributed by atoms with Crippen LogP contribution in [-0.4, -0.2) is 31.2 Å². The van der Waals surface area contributed by atoms with E-state index in [4.69, 9.17) is 0 Å². The van der Waals surface area contributed by atoms with Crippen molar-refractivity contribution in [2.75, 3.05) is 0 Å². The number of aromatic amines is 1. The number of nitrogens with zero attached hydrogens (tertiary/aromatic N) is 3. The maximum Gasteiger partial charge on any atom is 0.332 e. The number of hydrogen-bond acceptors (Lipinski definition) is 4. The first-order chi connectivity index (χ1) is 12.8. The van der Waals surface area contributed by atoms with Gasteiger partial charge in [-0.1, -0.05) is 62.3 Å². The molecule has 0 saturated heterocycles. The summed E-state index contributed by atoms with van der Waals surface area (Å²) in [6.45, 7) is 19.6. The average Bonchev–Trinajstić information content (AvgIpc) is 2.98. The summed E-state index contributed by atoms with van der Waals surface area (Å²) in [6.07, 6.45) is 0.716. The minimum Gasteiger partial charge on any atom is -0.336 e. The van der Waals surface area contributed by atoms with Crippen molar-refractivity contribution in [1.29, 1.82) is 0 Å². The summed E-state index contributed by atoms with van der Waals surface area (Å²) in [6, 6.07) is 0.331. The third-order valence-electron chi connectivity index (χ3n) is 4.96. The van der Waals surface area contributed by atoms with E-state index >= 15 is 0 Å². The lowest BCUT2D eigenvalue weighted by Gasteiger charge is -2.33. The van der Waals surface area contributed by atoms with Crippen molar-refractivity contribution in [3.8, 4) is 0 Å². The highest BCUT2D eigenvalue weighted by atomic mass is 16.2. The molecule has 2 N–H and O–H groups in total. The molecule has 0 amide bonds. The Morgan fingerprint density at radius 3 is 2.14 bits per heavy atom. The van der Waals surface area contributed by atoms with Crippen LogP contribution in [0.5, 0.6) is 0 Å². The molecule has 7 nitrogen and oxygen atoms in total. The second-order valence-electron chi connectivity index (χ2n) is 10.1. The zero-order valence-corrected chi connectivity index (χ0v) is 18.9. The van der Waals surface area contributed by atoms with Crippen LogP contribution in [0, 0.1) is 5.41 Å². The zero-order valence-electron chi connectivity index (χ0n) is 18.9. The number of nitrogens with one attached hydrogen (secondary N) is 2. The summed E-state index contributed by atoms with van der Waals surface area (Å²) in [5, 5.41) is 3.58. The predicted molar refractivity (Wildman–Crippen MR) is 115 cm³/mol. The highest BCUT2D eigenvalue weighted by Crippen LogP contribution is 2.24. The van der Waals surface area contributed by atoms with Crippen LogP contribution in [0.25, 0.3) is 11.2 Å². The standard InChI is InChI=1S/C21H37N5O2/c1-10-11-25-17(27)15-16(24-18(23-15)21(7,8)9)26(19(25)28)12-14(20(4,5)6)22-13(2)3/h13-14,22H,10-12H2,1-9H3,(H,23,24). The fourth-order valence-electron chi connectivity index (χ4n) is 3.27. The van der Waals surface area contributed by atoms with Gasteiger partial charge in [-0.3, -0.25) is 13.9 Å². The molecule has 1 unspecified atom stereocenters. The summed E-state index contributed by atoms with van der Waals surface area (Å²) in [5.41, 5.74) is -0.0227. The Bertz CT molecular complexity index is 935. The van der Waals surface area contributed by atoms with E-state index in [-0.39, 0.29) is 34.2 Å². The second kappa shape index (κ2) is 7.85. The molecule has 2 heterocycles. The molecule has 0 aliphatic heterocycles. The van der Waals surface area contributed by atoms with E-state index in [1.165, 1.54) is 4.57 Å². The van der Waals surface area contributed by atoms with Crippen molar-refractivity contribution in [3.63, 3.8) is 0 Å². The Balaban J connectivity index is 2.76. The fraction of sp³-hybridized carbons (Fsp3) is 0.762. The van der Waals surface area contributed by atoms with Crippen molar-refractivity contribution >= 4 is 11.2 Å². The van der Waals surface area contributed by atoms with Crippen LogP contribution in [0.3, 0.4) is 0 Å². The largest absolute Gasteiger partial charge is 0.336 e. The van der Waals surface area contributed by atoms with Crippen LogP contribution in [0.1, 0.15) is 74.6 Å². The molecule has 2 rings (SSSR count). The lowest BCUT2D eigenvalue weighted by atomic mass is 9.86. The molecule has 28 heavy (non-hydrogen) atoms. The van der Waals surface area contributed by atoms with Crippen LogP contribution < -0.4 is 16.6 Å². The molecule has 0 aliphatic carbocycles. The van der Waals surface area contributed by atoms with Crippen molar-refractivity contribution < 1.29 is 0 Å². The molecule has 0 fully saturated rings. The van der Waals surface area contributed by atoms with Crippen LogP contribution in [0.15, 0.2) is 9.59 Å². The topological polar surface area (TPSA) is 84.7 Å². The molecule has 0 spiro atoms. The number of hydrogen-bond donors (Lipinski definition) is 2. The van der Waals surface area contributed by atoms with E-state index < -0.39 is 0 Å². The minimum absolute atomic E-state index is 0.0516. The summed E-state index contributed by atoms with van der Waals surface area (Å²) >= 11 is 0. The van der Waals surface area contributed by atoms with Gasteiger partial charge >= 0.3 is 5.69 Å². The third-order valence-corrected chi connectivity index (χ3v) is 4.96. The van der Waals surface area contributed by atoms with Crippen molar-refractivity contribution in [3.05, 3.63) is 26.7 Å². The smallest absolute Gasteiger partial charge is 0.332 e. The number of rotatable bonds is 6. The van der Waals surface area contributed by atoms with Crippen LogP contribution in [0.2, 0.25) is 0 Å². The molecule has 158 valence electrons. The SMILES string of the molecule is CCCn1c(=O)c2[nH]c(C(C)(C)C)nc2n(CC(NC(C)C)C(C)(C)C)c1=O. The van der Waals surface area contributed by atoms with Gasteiger partial charge in [0, 0.05) is 30.6 Å². The van der Waals surface area contributed by atoms with E-state index in [2.05, 4.69) is 49.9 Å². The van der Waals surface area contributed by atoms with E-state index in [1.807, 2.05) is 27.7 Å². The molecule has 0 saturated carbocycles. The van der Waals surface area contributed by atoms with Gasteiger partial charge in [0.1, 0.15) is 11.3 Å². The lowest BCUT2D eigenvalue weighted by Crippen LogP contribution is -2.50. The van der Waals surface area contributed by atoms with E-state index in [9.17, 15) is 9.59 Å². The first-order valence-electron chi connectivity index (χ1n) is 10.3. The van der Waals surface area contributed by atoms with E-state index in [0.717, 1.165) is 0 Å². The van der Waals surface area contributed by atoms with Gasteiger partial charge in [0.2, 0.25) is 0 Å². The molecular weight excluding hydrogens is 354 g/mol. The normalized spacial score (nSPS) is 14.2. The Hall–Kier alpha value is -1.89. The summed E-state index contributed by atoms with van der Waals surface area (Å²) in [7, 11) is 0. The van der Waals surface area contributed by atoms with Crippen molar-refractivity contribution in [1.82, 2.24) is 24.4 Å². The molecule has 0 aliphatic rings. The van der Waals surface area contributed by atoms with Gasteiger partial charge in [0.05, 0.1) is 0 Å². The minimum atomic E-state index is -0.287. The van der Waals surface area contributed by atoms with Crippen LogP contribution in [-0.2, 0) is 18.5 Å². The third kappa shape index (κ3) is 4.57. The molecular formula is C21H37N5O2. The maximum absolute atomic E-state index is 13.2. The van der Waals surface area contributed by atoms with Gasteiger partial charge in [0.25, 0.3) is 5.56 Å². The second-order valence-corrected chi connectivity index (χ2v) is 10.1. The number of H-pyrrole nitrogens is 1. The Morgan fingerprint density at radius 1 is 1.07 bits per heavy atom. The zero-order chi connectivity index (χ0) is 21.4. The van der Waals surface area contributed by atoms with Crippen molar-refractivity contribution in [2.24, 2.45) is 5.41 Å². The summed E-state index contributed by atoms with van der Waals surface area (Å²) in [5.74, 6) is 0.714. The quantitative estimate of drug-likeness (QED) is 0.793. The van der Waals surface area contributed by atoms with Gasteiger partial charge in [-0.05, 0) is 11.8 Å². The highest BCUT2D eigenvalue weighted by molar-refractivity contribution is 5.70. The highest BCUT2D eigenvalue weighted by Gasteiger charge is 2.29. The number of imidazole rings is 1. The van der Waals surface area contributed by atoms with Gasteiger partial charge in [-0.15, -0.1) is 0 Å². The average molecular weight is 392 g/mol. The van der Waals surface area contributed by atoms with Crippen molar-refractivity contribution in [2.45, 2.75) is 99.3 Å². The van der Waals surface area contributed by atoms with Gasteiger partial charge < -0.3 is 10.3 Å². The first kappa shape index (κ1) is 22.4. The van der Waals surface area contributed by atoms with Crippen LogP contribution >= 0.6 is 0 Å². The Morgan fingerprint density at radius 2 is 1.68 bits per heavy atom. The Labute approximate surface area is 167 Å². The molecule has 0 aromatic carbocycles. The number of aromatic nitrogens is 4. The maximum atomic E-state index is 13.2. The molecule has 2 aromatic heterocycles. The van der Waals surface area contributed by atoms with Gasteiger partial charge in [0.15, 0.2) is 5.65 Å². The fourth-order valence-corrected chi connectivity index (χ4v) is 3.27.